The van der Waals surface area contributed by atoms with Crippen molar-refractivity contribution in [3.8, 4) is 22.3 Å². The van der Waals surface area contributed by atoms with Crippen LogP contribution in [0.2, 0.25) is 0 Å². The largest absolute Gasteiger partial charge is 0.372 e. The molecule has 0 fully saturated rings. The fourth-order valence-corrected chi connectivity index (χ4v) is 3.78. The third-order valence-corrected chi connectivity index (χ3v) is 5.28. The fraction of sp³-hybridized carbons (Fsp3) is 0.154. The molecule has 0 aromatic heterocycles. The Kier molecular flexibility index (Phi) is 4.93. The lowest BCUT2D eigenvalue weighted by atomic mass is 9.95. The molecule has 27 heavy (non-hydrogen) atoms. The Hall–Kier alpha value is -3.06. The van der Waals surface area contributed by atoms with Gasteiger partial charge in [-0.2, -0.15) is 0 Å². The Labute approximate surface area is 161 Å². The topological polar surface area (TPSA) is 3.24 Å². The third kappa shape index (κ3) is 3.46. The quantitative estimate of drug-likeness (QED) is 0.373. The predicted molar refractivity (Wildman–Crippen MR) is 118 cm³/mol. The van der Waals surface area contributed by atoms with Gasteiger partial charge in [-0.15, -0.1) is 0 Å². The van der Waals surface area contributed by atoms with Crippen LogP contribution in [0.25, 0.3) is 33.0 Å². The second-order valence-corrected chi connectivity index (χ2v) is 6.83. The van der Waals surface area contributed by atoms with E-state index in [-0.39, 0.29) is 0 Å². The minimum absolute atomic E-state index is 1.02. The second kappa shape index (κ2) is 7.67. The van der Waals surface area contributed by atoms with Gasteiger partial charge in [-0.1, -0.05) is 78.9 Å². The highest BCUT2D eigenvalue weighted by molar-refractivity contribution is 5.99. The molecule has 0 atom stereocenters. The van der Waals surface area contributed by atoms with Crippen molar-refractivity contribution in [2.24, 2.45) is 0 Å². The summed E-state index contributed by atoms with van der Waals surface area (Å²) in [4.78, 5) is 2.41. The summed E-state index contributed by atoms with van der Waals surface area (Å²) >= 11 is 0. The van der Waals surface area contributed by atoms with Crippen molar-refractivity contribution in [3.63, 3.8) is 0 Å². The van der Waals surface area contributed by atoms with Crippen molar-refractivity contribution >= 4 is 16.5 Å². The van der Waals surface area contributed by atoms with Gasteiger partial charge in [0.2, 0.25) is 0 Å². The van der Waals surface area contributed by atoms with E-state index in [0.29, 0.717) is 0 Å². The second-order valence-electron chi connectivity index (χ2n) is 6.83. The Balaban J connectivity index is 1.82. The maximum Gasteiger partial charge on any atom is 0.0378 e. The van der Waals surface area contributed by atoms with Crippen LogP contribution in [0.1, 0.15) is 13.8 Å². The lowest BCUT2D eigenvalue weighted by Gasteiger charge is -2.23. The first kappa shape index (κ1) is 17.4. The van der Waals surface area contributed by atoms with Crippen LogP contribution in [-0.4, -0.2) is 13.1 Å². The van der Waals surface area contributed by atoms with Crippen LogP contribution in [0.5, 0.6) is 0 Å². The molecule has 0 aliphatic rings. The maximum absolute atomic E-state index is 2.41. The Morgan fingerprint density at radius 1 is 0.593 bits per heavy atom. The molecule has 0 radical (unpaired) electrons. The first-order valence-corrected chi connectivity index (χ1v) is 9.73. The summed E-state index contributed by atoms with van der Waals surface area (Å²) in [5, 5.41) is 2.60. The summed E-state index contributed by atoms with van der Waals surface area (Å²) in [5.74, 6) is 0. The highest BCUT2D eigenvalue weighted by Crippen LogP contribution is 2.34. The van der Waals surface area contributed by atoms with Crippen molar-refractivity contribution in [1.82, 2.24) is 0 Å². The van der Waals surface area contributed by atoms with E-state index in [1.54, 1.807) is 0 Å². The first-order chi connectivity index (χ1) is 13.3. The van der Waals surface area contributed by atoms with Gasteiger partial charge >= 0.3 is 0 Å². The molecule has 0 N–H and O–H groups in total. The number of rotatable bonds is 5. The van der Waals surface area contributed by atoms with Gasteiger partial charge in [0, 0.05) is 18.8 Å². The van der Waals surface area contributed by atoms with Crippen LogP contribution in [0.4, 0.5) is 5.69 Å². The molecule has 4 rings (SSSR count). The van der Waals surface area contributed by atoms with Crippen LogP contribution in [0.3, 0.4) is 0 Å². The van der Waals surface area contributed by atoms with E-state index < -0.39 is 0 Å². The Morgan fingerprint density at radius 2 is 1.19 bits per heavy atom. The van der Waals surface area contributed by atoms with Crippen LogP contribution in [-0.2, 0) is 0 Å². The standard InChI is InChI=1S/C26H25N/c1-3-27(4-2)24-18-23-12-8-9-13-25(23)26(19-24)22-16-14-21(15-17-22)20-10-6-5-7-11-20/h5-19H,3-4H2,1-2H3. The van der Waals surface area contributed by atoms with Crippen LogP contribution in [0, 0.1) is 0 Å². The average Bonchev–Trinajstić information content (AvgIpc) is 2.75. The van der Waals surface area contributed by atoms with E-state index in [1.807, 2.05) is 0 Å². The summed E-state index contributed by atoms with van der Waals surface area (Å²) in [6, 6.07) is 32.8. The van der Waals surface area contributed by atoms with E-state index in [9.17, 15) is 0 Å². The SMILES string of the molecule is CCN(CC)c1cc(-c2ccc(-c3ccccc3)cc2)c2ccccc2c1. The molecule has 0 amide bonds. The molecule has 0 aliphatic carbocycles. The molecule has 1 nitrogen and oxygen atoms in total. The van der Waals surface area contributed by atoms with E-state index in [1.165, 1.54) is 38.7 Å². The monoisotopic (exact) mass is 351 g/mol. The molecule has 0 heterocycles. The molecule has 0 spiro atoms. The van der Waals surface area contributed by atoms with E-state index in [0.717, 1.165) is 13.1 Å². The van der Waals surface area contributed by atoms with Gasteiger partial charge in [-0.05, 0) is 59.0 Å². The number of hydrogen-bond acceptors (Lipinski definition) is 1. The van der Waals surface area contributed by atoms with Crippen LogP contribution >= 0.6 is 0 Å². The van der Waals surface area contributed by atoms with Gasteiger partial charge in [0.1, 0.15) is 0 Å². The van der Waals surface area contributed by atoms with E-state index >= 15 is 0 Å². The Morgan fingerprint density at radius 3 is 1.89 bits per heavy atom. The smallest absolute Gasteiger partial charge is 0.0378 e. The molecule has 134 valence electrons. The van der Waals surface area contributed by atoms with E-state index in [2.05, 4.69) is 110 Å². The zero-order chi connectivity index (χ0) is 18.6. The zero-order valence-electron chi connectivity index (χ0n) is 16.0. The van der Waals surface area contributed by atoms with Crippen LogP contribution in [0.15, 0.2) is 91.0 Å². The third-order valence-electron chi connectivity index (χ3n) is 5.28. The summed E-state index contributed by atoms with van der Waals surface area (Å²) in [6.07, 6.45) is 0. The lowest BCUT2D eigenvalue weighted by Crippen LogP contribution is -2.21. The predicted octanol–water partition coefficient (Wildman–Crippen LogP) is 7.02. The highest BCUT2D eigenvalue weighted by Gasteiger charge is 2.10. The normalized spacial score (nSPS) is 10.9. The number of nitrogens with zero attached hydrogens (tertiary/aromatic N) is 1. The number of anilines is 1. The van der Waals surface area contributed by atoms with Gasteiger partial charge in [0.15, 0.2) is 0 Å². The van der Waals surface area contributed by atoms with Crippen molar-refractivity contribution < 1.29 is 0 Å². The zero-order valence-corrected chi connectivity index (χ0v) is 16.0. The summed E-state index contributed by atoms with van der Waals surface area (Å²) in [6.45, 7) is 6.46. The van der Waals surface area contributed by atoms with Crippen molar-refractivity contribution in [2.45, 2.75) is 13.8 Å². The number of fused-ring (bicyclic) bond motifs is 1. The molecule has 4 aromatic carbocycles. The maximum atomic E-state index is 2.41. The Bertz CT molecular complexity index is 1030. The average molecular weight is 351 g/mol. The van der Waals surface area contributed by atoms with Crippen molar-refractivity contribution in [2.75, 3.05) is 18.0 Å². The van der Waals surface area contributed by atoms with Gasteiger partial charge in [-0.3, -0.25) is 0 Å². The fourth-order valence-electron chi connectivity index (χ4n) is 3.78. The van der Waals surface area contributed by atoms with E-state index in [4.69, 9.17) is 0 Å². The molecule has 0 unspecified atom stereocenters. The number of benzene rings is 4. The highest BCUT2D eigenvalue weighted by atomic mass is 15.1. The van der Waals surface area contributed by atoms with Gasteiger partial charge in [0.25, 0.3) is 0 Å². The molecule has 0 bridgehead atoms. The molecule has 4 aromatic rings. The van der Waals surface area contributed by atoms with Gasteiger partial charge in [-0.25, -0.2) is 0 Å². The van der Waals surface area contributed by atoms with Crippen molar-refractivity contribution in [3.05, 3.63) is 91.0 Å². The molecule has 0 saturated heterocycles. The van der Waals surface area contributed by atoms with Gasteiger partial charge in [0.05, 0.1) is 0 Å². The molecule has 0 aliphatic heterocycles. The molecular formula is C26H25N. The number of hydrogen-bond donors (Lipinski definition) is 0. The molecular weight excluding hydrogens is 326 g/mol. The molecule has 0 saturated carbocycles. The minimum Gasteiger partial charge on any atom is -0.372 e. The first-order valence-electron chi connectivity index (χ1n) is 9.73. The van der Waals surface area contributed by atoms with Crippen LogP contribution < -0.4 is 4.90 Å². The van der Waals surface area contributed by atoms with Crippen molar-refractivity contribution in [1.29, 1.82) is 0 Å². The lowest BCUT2D eigenvalue weighted by molar-refractivity contribution is 0.867. The summed E-state index contributed by atoms with van der Waals surface area (Å²) < 4.78 is 0. The minimum atomic E-state index is 1.02. The summed E-state index contributed by atoms with van der Waals surface area (Å²) in [7, 11) is 0. The molecule has 1 heteroatoms. The van der Waals surface area contributed by atoms with Gasteiger partial charge < -0.3 is 4.90 Å². The summed E-state index contributed by atoms with van der Waals surface area (Å²) in [5.41, 5.74) is 6.37.